The second-order valence-corrected chi connectivity index (χ2v) is 10.3. The van der Waals surface area contributed by atoms with E-state index in [4.69, 9.17) is 10.5 Å². The summed E-state index contributed by atoms with van der Waals surface area (Å²) in [5.74, 6) is -1.31. The van der Waals surface area contributed by atoms with Crippen molar-refractivity contribution in [3.8, 4) is 0 Å². The van der Waals surface area contributed by atoms with Gasteiger partial charge in [-0.1, -0.05) is 6.07 Å². The van der Waals surface area contributed by atoms with Gasteiger partial charge in [-0.3, -0.25) is 24.5 Å². The molecule has 0 aliphatic carbocycles. The first-order valence-corrected chi connectivity index (χ1v) is 12.7. The van der Waals surface area contributed by atoms with Crippen LogP contribution in [0.3, 0.4) is 0 Å². The van der Waals surface area contributed by atoms with Crippen molar-refractivity contribution in [1.29, 1.82) is 0 Å². The highest BCUT2D eigenvalue weighted by Gasteiger charge is 2.40. The average molecular weight is 516 g/mol. The summed E-state index contributed by atoms with van der Waals surface area (Å²) in [7, 11) is 0. The third-order valence-corrected chi connectivity index (χ3v) is 6.22. The number of unbranched alkanes of at least 4 members (excludes halogenated alkanes) is 1. The van der Waals surface area contributed by atoms with Crippen LogP contribution < -0.4 is 16.4 Å². The molecule has 0 aromatic heterocycles. The van der Waals surface area contributed by atoms with Gasteiger partial charge in [0.05, 0.1) is 0 Å². The Morgan fingerprint density at radius 2 is 1.89 bits per heavy atom. The van der Waals surface area contributed by atoms with Gasteiger partial charge in [0.1, 0.15) is 11.6 Å². The number of imide groups is 1. The minimum atomic E-state index is -0.714. The highest BCUT2D eigenvalue weighted by atomic mass is 16.6. The zero-order chi connectivity index (χ0) is 27.2. The zero-order valence-corrected chi connectivity index (χ0v) is 21.8. The molecule has 1 fully saturated rings. The number of carbonyl (C=O) groups excluding carboxylic acids is 5. The van der Waals surface area contributed by atoms with E-state index in [0.29, 0.717) is 55.7 Å². The molecule has 2 heterocycles. The van der Waals surface area contributed by atoms with Crippen LogP contribution in [0.4, 0.5) is 10.5 Å². The fourth-order valence-electron chi connectivity index (χ4n) is 4.41. The molecule has 0 spiro atoms. The smallest absolute Gasteiger partial charge is 0.410 e. The van der Waals surface area contributed by atoms with E-state index in [0.717, 1.165) is 0 Å². The summed E-state index contributed by atoms with van der Waals surface area (Å²) in [6.07, 6.45) is 2.14. The first-order chi connectivity index (χ1) is 17.5. The Labute approximate surface area is 217 Å². The number of benzene rings is 1. The standard InChI is InChI=1S/C26H37N5O6/c1-26(2,3)37-25(36)30(15-7-13-27)14-5-4-10-21(32)28-19-9-6-8-17-18(19)16-31(24(17)35)20-11-12-22(33)29-23(20)34/h6,8-9,20H,4-5,7,10-16,27H2,1-3H3,(H,28,32)(H,29,33,34). The Balaban J connectivity index is 1.53. The average Bonchev–Trinajstić information content (AvgIpc) is 3.14. The summed E-state index contributed by atoms with van der Waals surface area (Å²) in [6, 6.07) is 4.38. The molecule has 1 saturated heterocycles. The minimum Gasteiger partial charge on any atom is -0.444 e. The second kappa shape index (κ2) is 12.2. The van der Waals surface area contributed by atoms with E-state index in [9.17, 15) is 24.0 Å². The molecule has 1 aromatic carbocycles. The molecule has 4 N–H and O–H groups in total. The number of rotatable bonds is 10. The number of piperidine rings is 1. The van der Waals surface area contributed by atoms with Crippen LogP contribution in [-0.2, 0) is 25.7 Å². The van der Waals surface area contributed by atoms with Gasteiger partial charge in [0, 0.05) is 49.3 Å². The number of fused-ring (bicyclic) bond motifs is 1. The van der Waals surface area contributed by atoms with Crippen molar-refractivity contribution < 1.29 is 28.7 Å². The summed E-state index contributed by atoms with van der Waals surface area (Å²) in [5.41, 5.74) is 6.63. The van der Waals surface area contributed by atoms with Gasteiger partial charge in [-0.25, -0.2) is 4.79 Å². The van der Waals surface area contributed by atoms with Crippen molar-refractivity contribution in [3.63, 3.8) is 0 Å². The molecule has 2 aliphatic heterocycles. The Morgan fingerprint density at radius 1 is 1.16 bits per heavy atom. The molecule has 1 atom stereocenters. The van der Waals surface area contributed by atoms with Crippen LogP contribution in [0.2, 0.25) is 0 Å². The van der Waals surface area contributed by atoms with Gasteiger partial charge in [-0.15, -0.1) is 0 Å². The molecule has 0 saturated carbocycles. The molecule has 11 nitrogen and oxygen atoms in total. The fraction of sp³-hybridized carbons (Fsp3) is 0.577. The first-order valence-electron chi connectivity index (χ1n) is 12.7. The summed E-state index contributed by atoms with van der Waals surface area (Å²) < 4.78 is 5.46. The molecular formula is C26H37N5O6. The van der Waals surface area contributed by atoms with E-state index in [1.807, 2.05) is 20.8 Å². The molecule has 0 radical (unpaired) electrons. The lowest BCUT2D eigenvalue weighted by Gasteiger charge is -2.29. The summed E-state index contributed by atoms with van der Waals surface area (Å²) in [4.78, 5) is 64.9. The van der Waals surface area contributed by atoms with Crippen molar-refractivity contribution >= 4 is 35.4 Å². The molecule has 1 unspecified atom stereocenters. The Morgan fingerprint density at radius 3 is 2.57 bits per heavy atom. The van der Waals surface area contributed by atoms with E-state index in [1.54, 1.807) is 23.1 Å². The topological polar surface area (TPSA) is 151 Å². The molecule has 202 valence electrons. The van der Waals surface area contributed by atoms with Crippen molar-refractivity contribution in [3.05, 3.63) is 29.3 Å². The number of nitrogens with one attached hydrogen (secondary N) is 2. The zero-order valence-electron chi connectivity index (χ0n) is 21.8. The molecule has 1 aromatic rings. The van der Waals surface area contributed by atoms with Gasteiger partial charge in [-0.05, 0) is 65.1 Å². The second-order valence-electron chi connectivity index (χ2n) is 10.3. The number of nitrogens with zero attached hydrogens (tertiary/aromatic N) is 2. The van der Waals surface area contributed by atoms with E-state index < -0.39 is 23.6 Å². The molecular weight excluding hydrogens is 478 g/mol. The van der Waals surface area contributed by atoms with E-state index in [1.165, 1.54) is 4.90 Å². The Hall–Kier alpha value is -3.47. The maximum absolute atomic E-state index is 13.0. The number of nitrogens with two attached hydrogens (primary N) is 1. The lowest BCUT2D eigenvalue weighted by Crippen LogP contribution is -2.52. The van der Waals surface area contributed by atoms with Crippen LogP contribution in [0.15, 0.2) is 18.2 Å². The van der Waals surface area contributed by atoms with Gasteiger partial charge < -0.3 is 25.6 Å². The molecule has 0 bridgehead atoms. The van der Waals surface area contributed by atoms with Crippen molar-refractivity contribution in [2.45, 2.75) is 77.5 Å². The van der Waals surface area contributed by atoms with Gasteiger partial charge in [0.15, 0.2) is 0 Å². The number of ether oxygens (including phenoxy) is 1. The lowest BCUT2D eigenvalue weighted by atomic mass is 10.0. The Kier molecular flexibility index (Phi) is 9.25. The molecule has 2 aliphatic rings. The number of hydrogen-bond acceptors (Lipinski definition) is 7. The SMILES string of the molecule is CC(C)(C)OC(=O)N(CCCN)CCCCC(=O)Nc1cccc2c1CN(C1CCC(=O)NC1=O)C2=O. The van der Waals surface area contributed by atoms with Crippen LogP contribution in [0.25, 0.3) is 0 Å². The van der Waals surface area contributed by atoms with Gasteiger partial charge in [-0.2, -0.15) is 0 Å². The van der Waals surface area contributed by atoms with Gasteiger partial charge >= 0.3 is 6.09 Å². The van der Waals surface area contributed by atoms with E-state index in [2.05, 4.69) is 10.6 Å². The normalized spacial score (nSPS) is 17.4. The summed E-state index contributed by atoms with van der Waals surface area (Å²) >= 11 is 0. The number of carbonyl (C=O) groups is 5. The molecule has 37 heavy (non-hydrogen) atoms. The minimum absolute atomic E-state index is 0.178. The molecule has 5 amide bonds. The maximum atomic E-state index is 13.0. The Bertz CT molecular complexity index is 1050. The third-order valence-electron chi connectivity index (χ3n) is 6.22. The third kappa shape index (κ3) is 7.51. The largest absolute Gasteiger partial charge is 0.444 e. The lowest BCUT2D eigenvalue weighted by molar-refractivity contribution is -0.137. The maximum Gasteiger partial charge on any atom is 0.410 e. The molecule has 11 heteroatoms. The summed E-state index contributed by atoms with van der Waals surface area (Å²) in [5, 5.41) is 5.17. The van der Waals surface area contributed by atoms with Crippen LogP contribution in [0.1, 0.15) is 75.2 Å². The predicted octanol–water partition coefficient (Wildman–Crippen LogP) is 2.14. The highest BCUT2D eigenvalue weighted by Crippen LogP contribution is 2.32. The van der Waals surface area contributed by atoms with Crippen molar-refractivity contribution in [1.82, 2.24) is 15.1 Å². The number of hydrogen-bond donors (Lipinski definition) is 3. The van der Waals surface area contributed by atoms with E-state index in [-0.39, 0.29) is 43.5 Å². The van der Waals surface area contributed by atoms with Crippen LogP contribution in [0.5, 0.6) is 0 Å². The highest BCUT2D eigenvalue weighted by molar-refractivity contribution is 6.06. The van der Waals surface area contributed by atoms with Gasteiger partial charge in [0.2, 0.25) is 17.7 Å². The summed E-state index contributed by atoms with van der Waals surface area (Å²) in [6.45, 7) is 7.04. The number of anilines is 1. The van der Waals surface area contributed by atoms with Crippen molar-refractivity contribution in [2.24, 2.45) is 5.73 Å². The van der Waals surface area contributed by atoms with Crippen LogP contribution in [-0.4, -0.2) is 70.8 Å². The van der Waals surface area contributed by atoms with Crippen LogP contribution >= 0.6 is 0 Å². The quantitative estimate of drug-likeness (QED) is 0.319. The van der Waals surface area contributed by atoms with Gasteiger partial charge in [0.25, 0.3) is 5.91 Å². The monoisotopic (exact) mass is 515 g/mol. The first kappa shape index (κ1) is 28.1. The number of amides is 5. The molecule has 3 rings (SSSR count). The van der Waals surface area contributed by atoms with E-state index >= 15 is 0 Å². The predicted molar refractivity (Wildman–Crippen MR) is 136 cm³/mol. The van der Waals surface area contributed by atoms with Crippen molar-refractivity contribution in [2.75, 3.05) is 25.0 Å². The fourth-order valence-corrected chi connectivity index (χ4v) is 4.41. The van der Waals surface area contributed by atoms with Crippen LogP contribution in [0, 0.1) is 0 Å².